The summed E-state index contributed by atoms with van der Waals surface area (Å²) in [4.78, 5) is 4.22. The van der Waals surface area contributed by atoms with Crippen LogP contribution < -0.4 is 0 Å². The van der Waals surface area contributed by atoms with Crippen LogP contribution in [0.3, 0.4) is 0 Å². The monoisotopic (exact) mass is 552 g/mol. The van der Waals surface area contributed by atoms with Gasteiger partial charge >= 0.3 is 19.8 Å². The Labute approximate surface area is 185 Å². The molecule has 4 rings (SSSR count). The molecular weight excluding hydrogens is 519 g/mol. The number of pyridine rings is 1. The maximum Gasteiger partial charge on any atom is 2.00 e. The van der Waals surface area contributed by atoms with Gasteiger partial charge in [0.2, 0.25) is 0 Å². The molecule has 2 aliphatic carbocycles. The van der Waals surface area contributed by atoms with Gasteiger partial charge < -0.3 is 12.4 Å². The molecule has 1 heterocycles. The molecule has 0 unspecified atom stereocenters. The Kier molecular flexibility index (Phi) is 14.2. The molecule has 0 bridgehead atoms. The zero-order valence-electron chi connectivity index (χ0n) is 17.4. The van der Waals surface area contributed by atoms with Crippen molar-refractivity contribution in [1.29, 1.82) is 5.26 Å². The van der Waals surface area contributed by atoms with Crippen molar-refractivity contribution in [3.8, 4) is 17.3 Å². The summed E-state index contributed by atoms with van der Waals surface area (Å²) in [5.41, 5.74) is 5.69. The summed E-state index contributed by atoms with van der Waals surface area (Å²) < 4.78 is 0. The topological polar surface area (TPSA) is 36.7 Å². The Morgan fingerprint density at radius 1 is 1.04 bits per heavy atom. The minimum atomic E-state index is 0. The third-order valence-corrected chi connectivity index (χ3v) is 4.89. The van der Waals surface area contributed by atoms with E-state index in [1.54, 1.807) is 12.3 Å². The molecule has 3 heteroatoms. The van der Waals surface area contributed by atoms with E-state index >= 15 is 0 Å². The Morgan fingerprint density at radius 2 is 1.71 bits per heavy atom. The van der Waals surface area contributed by atoms with E-state index in [-0.39, 0.29) is 27.2 Å². The molecule has 0 aliphatic heterocycles. The first-order chi connectivity index (χ1) is 12.7. The molecule has 2 aliphatic rings. The predicted octanol–water partition coefficient (Wildman–Crippen LogP) is 7.20. The average molecular weight is 551 g/mol. The van der Waals surface area contributed by atoms with Crippen LogP contribution in [0.5, 0.6) is 0 Å². The second-order valence-electron chi connectivity index (χ2n) is 6.98. The summed E-state index contributed by atoms with van der Waals surface area (Å²) in [7, 11) is 0. The zero-order chi connectivity index (χ0) is 18.6. The molecule has 0 N–H and O–H groups in total. The van der Waals surface area contributed by atoms with Crippen LogP contribution in [0.4, 0.5) is 0 Å². The molecule has 1 atom stereocenters. The van der Waals surface area contributed by atoms with Crippen molar-refractivity contribution in [3.63, 3.8) is 0 Å². The molecule has 150 valence electrons. The number of allylic oxidation sites excluding steroid dienone is 2. The number of nitriles is 1. The molecule has 2 fully saturated rings. The van der Waals surface area contributed by atoms with Gasteiger partial charge in [0.25, 0.3) is 0 Å². The van der Waals surface area contributed by atoms with Crippen molar-refractivity contribution in [2.24, 2.45) is 5.92 Å². The number of rotatable bonds is 1. The van der Waals surface area contributed by atoms with Crippen LogP contribution in [0.15, 0.2) is 59.8 Å². The number of nitrogens with zero attached hydrogens (tertiary/aromatic N) is 2. The molecular formula is C25H32N2Os. The van der Waals surface area contributed by atoms with Gasteiger partial charge in [0, 0.05) is 13.1 Å². The fourth-order valence-electron chi connectivity index (χ4n) is 3.60. The molecule has 0 spiro atoms. The average Bonchev–Trinajstić information content (AvgIpc) is 3.36. The Bertz CT molecular complexity index is 672. The van der Waals surface area contributed by atoms with Gasteiger partial charge in [0.15, 0.2) is 0 Å². The number of aromatic nitrogens is 1. The van der Waals surface area contributed by atoms with Gasteiger partial charge in [0.05, 0.1) is 6.07 Å². The zero-order valence-corrected chi connectivity index (χ0v) is 19.9. The maximum atomic E-state index is 7.32. The van der Waals surface area contributed by atoms with E-state index < -0.39 is 0 Å². The number of hydrogen-bond acceptors (Lipinski definition) is 2. The van der Waals surface area contributed by atoms with Crippen LogP contribution in [0.2, 0.25) is 0 Å². The number of benzene rings is 1. The van der Waals surface area contributed by atoms with Gasteiger partial charge in [-0.2, -0.15) is 5.26 Å². The van der Waals surface area contributed by atoms with Crippen molar-refractivity contribution in [3.05, 3.63) is 73.3 Å². The van der Waals surface area contributed by atoms with Gasteiger partial charge in [-0.25, -0.2) is 0 Å². The molecule has 1 aromatic carbocycles. The van der Waals surface area contributed by atoms with Crippen LogP contribution in [-0.4, -0.2) is 4.98 Å². The van der Waals surface area contributed by atoms with E-state index in [2.05, 4.69) is 18.0 Å². The molecule has 1 aromatic heterocycles. The molecule has 28 heavy (non-hydrogen) atoms. The standard InChI is InChI=1S/C11H8N.C11H18.C2H3N.CH3.Os/c1-2-6-10(7-3-1)11-8-4-5-9-12-11;1-9-6-7-11(8-9)10-4-2-3-5-10;1-2-3;;/h1-6,8-9H;9H,2-8H2,1H3;1H3;1H3;/q-1;;;-1;+2/t;9-;;;/m.0.../s1. The predicted molar refractivity (Wildman–Crippen MR) is 115 cm³/mol. The van der Waals surface area contributed by atoms with Gasteiger partial charge in [-0.15, -0.1) is 35.9 Å². The van der Waals surface area contributed by atoms with E-state index in [0.717, 1.165) is 17.2 Å². The van der Waals surface area contributed by atoms with Crippen LogP contribution in [0.1, 0.15) is 58.8 Å². The largest absolute Gasteiger partial charge is 2.00 e. The maximum absolute atomic E-state index is 7.32. The second kappa shape index (κ2) is 15.2. The molecule has 2 nitrogen and oxygen atoms in total. The van der Waals surface area contributed by atoms with Crippen LogP contribution in [0.25, 0.3) is 11.3 Å². The smallest absolute Gasteiger partial charge is 0.358 e. The van der Waals surface area contributed by atoms with Crippen molar-refractivity contribution in [2.45, 2.75) is 58.8 Å². The van der Waals surface area contributed by atoms with E-state index in [1.807, 2.05) is 53.6 Å². The van der Waals surface area contributed by atoms with Crippen LogP contribution in [-0.2, 0) is 19.8 Å². The Balaban J connectivity index is 0.000000432. The second-order valence-corrected chi connectivity index (χ2v) is 6.98. The first-order valence-corrected chi connectivity index (χ1v) is 9.63. The summed E-state index contributed by atoms with van der Waals surface area (Å²) in [5.74, 6) is 0.984. The fourth-order valence-corrected chi connectivity index (χ4v) is 3.60. The van der Waals surface area contributed by atoms with Gasteiger partial charge in [0.1, 0.15) is 0 Å². The van der Waals surface area contributed by atoms with Crippen LogP contribution in [0, 0.1) is 30.7 Å². The molecule has 0 saturated heterocycles. The fraction of sp³-hybridized carbons (Fsp3) is 0.400. The Hall–Kier alpha value is -1.76. The van der Waals surface area contributed by atoms with Crippen molar-refractivity contribution in [2.75, 3.05) is 0 Å². The first-order valence-electron chi connectivity index (χ1n) is 9.63. The summed E-state index contributed by atoms with van der Waals surface area (Å²) in [6.07, 6.45) is 11.9. The van der Waals surface area contributed by atoms with Crippen LogP contribution >= 0.6 is 0 Å². The quantitative estimate of drug-likeness (QED) is 0.278. The van der Waals surface area contributed by atoms with Crippen molar-refractivity contribution < 1.29 is 19.8 Å². The third-order valence-electron chi connectivity index (χ3n) is 4.89. The summed E-state index contributed by atoms with van der Waals surface area (Å²) in [6, 6.07) is 18.6. The van der Waals surface area contributed by atoms with Gasteiger partial charge in [-0.3, -0.25) is 0 Å². The van der Waals surface area contributed by atoms with Crippen molar-refractivity contribution >= 4 is 0 Å². The van der Waals surface area contributed by atoms with Gasteiger partial charge in [-0.1, -0.05) is 30.2 Å². The molecule has 2 saturated carbocycles. The Morgan fingerprint density at radius 3 is 2.21 bits per heavy atom. The summed E-state index contributed by atoms with van der Waals surface area (Å²) in [5, 5.41) is 7.32. The minimum Gasteiger partial charge on any atom is -0.358 e. The third kappa shape index (κ3) is 8.95. The molecule has 2 aromatic rings. The van der Waals surface area contributed by atoms with Gasteiger partial charge in [-0.05, 0) is 62.6 Å². The van der Waals surface area contributed by atoms with E-state index in [0.29, 0.717) is 0 Å². The minimum absolute atomic E-state index is 0. The van der Waals surface area contributed by atoms with E-state index in [1.165, 1.54) is 51.9 Å². The molecule has 0 radical (unpaired) electrons. The first kappa shape index (κ1) is 26.2. The SMILES string of the molecule is CC#N.C[C@H]1CCC(=C2CCCC2)C1.[CH3-].[Os+2].[c-]1ccccc1-c1ccccn1. The molecule has 0 amide bonds. The van der Waals surface area contributed by atoms with E-state index in [9.17, 15) is 0 Å². The van der Waals surface area contributed by atoms with Crippen molar-refractivity contribution in [1.82, 2.24) is 4.98 Å². The normalized spacial score (nSPS) is 17.0. The summed E-state index contributed by atoms with van der Waals surface area (Å²) >= 11 is 0. The number of hydrogen-bond donors (Lipinski definition) is 0. The van der Waals surface area contributed by atoms with E-state index in [4.69, 9.17) is 5.26 Å². The summed E-state index contributed by atoms with van der Waals surface area (Å²) in [6.45, 7) is 3.82.